The Morgan fingerprint density at radius 2 is 1.85 bits per heavy atom. The van der Waals surface area contributed by atoms with Gasteiger partial charge in [0.15, 0.2) is 0 Å². The number of rotatable bonds is 3. The second-order valence-corrected chi connectivity index (χ2v) is 7.00. The third kappa shape index (κ3) is 3.05. The monoisotopic (exact) mass is 351 g/mol. The molecule has 134 valence electrons. The minimum Gasteiger partial charge on any atom is -0.339 e. The SMILES string of the molecule is O=C(c1ccnnc1)N1CCC2(CC1)CCN(Cc1ccccn1)C2=O. The third-order valence-corrected chi connectivity index (χ3v) is 5.52. The van der Waals surface area contributed by atoms with Crippen LogP contribution >= 0.6 is 0 Å². The molecule has 7 nitrogen and oxygen atoms in total. The van der Waals surface area contributed by atoms with Crippen LogP contribution in [-0.2, 0) is 11.3 Å². The number of aromatic nitrogens is 3. The van der Waals surface area contributed by atoms with Gasteiger partial charge >= 0.3 is 0 Å². The minimum atomic E-state index is -0.317. The van der Waals surface area contributed by atoms with Gasteiger partial charge in [-0.1, -0.05) is 6.07 Å². The lowest BCUT2D eigenvalue weighted by Gasteiger charge is -2.38. The molecule has 4 heterocycles. The fourth-order valence-corrected chi connectivity index (χ4v) is 3.93. The molecule has 2 aromatic heterocycles. The van der Waals surface area contributed by atoms with Gasteiger partial charge in [-0.2, -0.15) is 10.2 Å². The second kappa shape index (κ2) is 6.82. The molecule has 2 aromatic rings. The van der Waals surface area contributed by atoms with E-state index in [1.807, 2.05) is 28.0 Å². The molecule has 0 bridgehead atoms. The first-order valence-corrected chi connectivity index (χ1v) is 8.93. The zero-order valence-electron chi connectivity index (χ0n) is 14.5. The van der Waals surface area contributed by atoms with Gasteiger partial charge in [-0.15, -0.1) is 0 Å². The summed E-state index contributed by atoms with van der Waals surface area (Å²) < 4.78 is 0. The van der Waals surface area contributed by atoms with E-state index in [2.05, 4.69) is 15.2 Å². The van der Waals surface area contributed by atoms with Crippen LogP contribution in [0.3, 0.4) is 0 Å². The highest BCUT2D eigenvalue weighted by Crippen LogP contribution is 2.42. The summed E-state index contributed by atoms with van der Waals surface area (Å²) in [7, 11) is 0. The van der Waals surface area contributed by atoms with Crippen molar-refractivity contribution in [1.29, 1.82) is 0 Å². The number of amides is 2. The molecule has 2 saturated heterocycles. The fraction of sp³-hybridized carbons (Fsp3) is 0.421. The fourth-order valence-electron chi connectivity index (χ4n) is 3.93. The lowest BCUT2D eigenvalue weighted by Crippen LogP contribution is -2.46. The van der Waals surface area contributed by atoms with E-state index < -0.39 is 0 Å². The van der Waals surface area contributed by atoms with Crippen LogP contribution in [0.5, 0.6) is 0 Å². The predicted molar refractivity (Wildman–Crippen MR) is 93.9 cm³/mol. The highest BCUT2D eigenvalue weighted by molar-refractivity contribution is 5.94. The Bertz CT molecular complexity index is 788. The number of piperidine rings is 1. The second-order valence-electron chi connectivity index (χ2n) is 7.00. The molecule has 1 spiro atoms. The number of carbonyl (C=O) groups is 2. The maximum atomic E-state index is 13.0. The standard InChI is InChI=1S/C19H21N5O2/c25-17(15-4-9-21-22-13-15)23-10-5-19(6-11-23)7-12-24(18(19)26)14-16-3-1-2-8-20-16/h1-4,8-9,13H,5-7,10-12,14H2. The average Bonchev–Trinajstić information content (AvgIpc) is 2.99. The van der Waals surface area contributed by atoms with Crippen LogP contribution in [0, 0.1) is 5.41 Å². The molecular weight excluding hydrogens is 330 g/mol. The number of carbonyl (C=O) groups excluding carboxylic acids is 2. The summed E-state index contributed by atoms with van der Waals surface area (Å²) in [4.78, 5) is 33.6. The van der Waals surface area contributed by atoms with E-state index in [-0.39, 0.29) is 17.2 Å². The molecule has 4 rings (SSSR count). The average molecular weight is 351 g/mol. The summed E-state index contributed by atoms with van der Waals surface area (Å²) in [5.74, 6) is 0.173. The number of hydrogen-bond donors (Lipinski definition) is 0. The van der Waals surface area contributed by atoms with Crippen LogP contribution < -0.4 is 0 Å². The number of nitrogens with zero attached hydrogens (tertiary/aromatic N) is 5. The van der Waals surface area contributed by atoms with E-state index in [0.29, 0.717) is 25.2 Å². The summed E-state index contributed by atoms with van der Waals surface area (Å²) in [5.41, 5.74) is 1.14. The summed E-state index contributed by atoms with van der Waals surface area (Å²) in [6, 6.07) is 7.44. The van der Waals surface area contributed by atoms with E-state index in [1.165, 1.54) is 12.4 Å². The topological polar surface area (TPSA) is 79.3 Å². The van der Waals surface area contributed by atoms with Crippen LogP contribution in [0.25, 0.3) is 0 Å². The quantitative estimate of drug-likeness (QED) is 0.838. The molecule has 0 atom stereocenters. The van der Waals surface area contributed by atoms with Crippen molar-refractivity contribution < 1.29 is 9.59 Å². The van der Waals surface area contributed by atoms with Crippen molar-refractivity contribution in [2.75, 3.05) is 19.6 Å². The van der Waals surface area contributed by atoms with Crippen molar-refractivity contribution in [2.24, 2.45) is 5.41 Å². The smallest absolute Gasteiger partial charge is 0.255 e. The van der Waals surface area contributed by atoms with E-state index >= 15 is 0 Å². The molecule has 0 radical (unpaired) electrons. The summed E-state index contributed by atoms with van der Waals surface area (Å²) in [5, 5.41) is 7.48. The van der Waals surface area contributed by atoms with Crippen LogP contribution in [0.1, 0.15) is 35.3 Å². The minimum absolute atomic E-state index is 0.0365. The Labute approximate surface area is 152 Å². The molecule has 0 unspecified atom stereocenters. The van der Waals surface area contributed by atoms with Gasteiger partial charge in [-0.3, -0.25) is 14.6 Å². The third-order valence-electron chi connectivity index (χ3n) is 5.52. The number of likely N-dealkylation sites (tertiary alicyclic amines) is 2. The van der Waals surface area contributed by atoms with Crippen molar-refractivity contribution in [3.05, 3.63) is 54.1 Å². The predicted octanol–water partition coefficient (Wildman–Crippen LogP) is 1.53. The first kappa shape index (κ1) is 16.6. The molecule has 26 heavy (non-hydrogen) atoms. The van der Waals surface area contributed by atoms with Gasteiger partial charge in [0, 0.05) is 25.8 Å². The Kier molecular flexibility index (Phi) is 4.36. The Balaban J connectivity index is 1.39. The molecule has 2 amide bonds. The van der Waals surface area contributed by atoms with E-state index in [0.717, 1.165) is 31.5 Å². The Morgan fingerprint density at radius 1 is 1.04 bits per heavy atom. The van der Waals surface area contributed by atoms with Crippen molar-refractivity contribution in [3.63, 3.8) is 0 Å². The van der Waals surface area contributed by atoms with E-state index in [1.54, 1.807) is 12.3 Å². The summed E-state index contributed by atoms with van der Waals surface area (Å²) >= 11 is 0. The normalized spacial score (nSPS) is 19.2. The maximum Gasteiger partial charge on any atom is 0.255 e. The van der Waals surface area contributed by atoms with Crippen LogP contribution in [0.4, 0.5) is 0 Å². The van der Waals surface area contributed by atoms with Gasteiger partial charge in [-0.25, -0.2) is 0 Å². The van der Waals surface area contributed by atoms with Gasteiger partial charge in [0.05, 0.1) is 35.6 Å². The van der Waals surface area contributed by atoms with Crippen molar-refractivity contribution in [3.8, 4) is 0 Å². The number of hydrogen-bond acceptors (Lipinski definition) is 5. The van der Waals surface area contributed by atoms with Gasteiger partial charge in [0.1, 0.15) is 0 Å². The molecule has 0 N–H and O–H groups in total. The molecule has 0 aromatic carbocycles. The molecule has 2 aliphatic heterocycles. The Hall–Kier alpha value is -2.83. The lowest BCUT2D eigenvalue weighted by atomic mass is 9.77. The van der Waals surface area contributed by atoms with Crippen LogP contribution in [-0.4, -0.2) is 56.4 Å². The van der Waals surface area contributed by atoms with Gasteiger partial charge in [-0.05, 0) is 37.5 Å². The summed E-state index contributed by atoms with van der Waals surface area (Å²) in [6.45, 7) is 2.53. The van der Waals surface area contributed by atoms with E-state index in [9.17, 15) is 9.59 Å². The maximum absolute atomic E-state index is 13.0. The Morgan fingerprint density at radius 3 is 2.54 bits per heavy atom. The van der Waals surface area contributed by atoms with E-state index in [4.69, 9.17) is 0 Å². The van der Waals surface area contributed by atoms with Crippen LogP contribution in [0.15, 0.2) is 42.9 Å². The zero-order valence-corrected chi connectivity index (χ0v) is 14.5. The van der Waals surface area contributed by atoms with Gasteiger partial charge in [0.25, 0.3) is 5.91 Å². The lowest BCUT2D eigenvalue weighted by molar-refractivity contribution is -0.138. The molecule has 0 aliphatic carbocycles. The molecule has 2 fully saturated rings. The molecule has 2 aliphatic rings. The molecule has 7 heteroatoms. The molecular formula is C19H21N5O2. The van der Waals surface area contributed by atoms with Gasteiger partial charge < -0.3 is 9.80 Å². The summed E-state index contributed by atoms with van der Waals surface area (Å²) in [6.07, 6.45) is 7.06. The first-order valence-electron chi connectivity index (χ1n) is 8.93. The number of pyridine rings is 1. The van der Waals surface area contributed by atoms with Gasteiger partial charge in [0.2, 0.25) is 5.91 Å². The highest BCUT2D eigenvalue weighted by atomic mass is 16.2. The van der Waals surface area contributed by atoms with Crippen LogP contribution in [0.2, 0.25) is 0 Å². The highest BCUT2D eigenvalue weighted by Gasteiger charge is 2.48. The molecule has 0 saturated carbocycles. The van der Waals surface area contributed by atoms with Crippen molar-refractivity contribution in [2.45, 2.75) is 25.8 Å². The van der Waals surface area contributed by atoms with Crippen molar-refractivity contribution >= 4 is 11.8 Å². The van der Waals surface area contributed by atoms with Crippen molar-refractivity contribution in [1.82, 2.24) is 25.0 Å². The first-order chi connectivity index (χ1) is 12.7. The largest absolute Gasteiger partial charge is 0.339 e. The zero-order chi connectivity index (χ0) is 18.0.